The summed E-state index contributed by atoms with van der Waals surface area (Å²) in [4.78, 5) is 12.3. The second-order valence-electron chi connectivity index (χ2n) is 7.27. The lowest BCUT2D eigenvalue weighted by Crippen LogP contribution is -2.19. The summed E-state index contributed by atoms with van der Waals surface area (Å²) in [6.07, 6.45) is 3.49. The molecule has 0 bridgehead atoms. The number of urea groups is 1. The van der Waals surface area contributed by atoms with Crippen LogP contribution in [-0.2, 0) is 18.3 Å². The summed E-state index contributed by atoms with van der Waals surface area (Å²) in [5.41, 5.74) is 5.42. The highest BCUT2D eigenvalue weighted by Crippen LogP contribution is 2.47. The van der Waals surface area contributed by atoms with E-state index in [2.05, 4.69) is 29.7 Å². The summed E-state index contributed by atoms with van der Waals surface area (Å²) >= 11 is 0. The van der Waals surface area contributed by atoms with Crippen molar-refractivity contribution in [2.75, 3.05) is 10.6 Å². The highest BCUT2D eigenvalue weighted by molar-refractivity contribution is 5.99. The first-order chi connectivity index (χ1) is 11.5. The number of hydrogen-bond donors (Lipinski definition) is 3. The number of rotatable bonds is 3. The molecule has 2 aliphatic carbocycles. The molecule has 24 heavy (non-hydrogen) atoms. The average Bonchev–Trinajstić information content (AvgIpc) is 3.18. The van der Waals surface area contributed by atoms with E-state index >= 15 is 0 Å². The number of carbonyl (C=O) groups is 1. The minimum atomic E-state index is -0.296. The molecule has 4 nitrogen and oxygen atoms in total. The third-order valence-electron chi connectivity index (χ3n) is 5.19. The fraction of sp³-hybridized carbons (Fsp3) is 0.350. The third-order valence-corrected chi connectivity index (χ3v) is 5.19. The largest absolute Gasteiger partial charge is 0.392 e. The van der Waals surface area contributed by atoms with Crippen LogP contribution in [-0.4, -0.2) is 17.2 Å². The molecule has 0 aliphatic heterocycles. The van der Waals surface area contributed by atoms with Crippen molar-refractivity contribution in [2.45, 2.75) is 44.1 Å². The van der Waals surface area contributed by atoms with E-state index in [1.165, 1.54) is 24.0 Å². The fourth-order valence-corrected chi connectivity index (χ4v) is 3.41. The smallest absolute Gasteiger partial charge is 0.323 e. The number of anilines is 2. The number of amides is 2. The SMILES string of the molecule is CC1(c2cccc(NC(=O)Nc3ccc4c(c3)CC(O)C4)c2)CC1. The Labute approximate surface area is 141 Å². The normalized spacial score (nSPS) is 20.3. The molecule has 1 unspecified atom stereocenters. The van der Waals surface area contributed by atoms with Crippen molar-refractivity contribution in [3.05, 3.63) is 59.2 Å². The van der Waals surface area contributed by atoms with Crippen molar-refractivity contribution in [1.29, 1.82) is 0 Å². The lowest BCUT2D eigenvalue weighted by molar-refractivity contribution is 0.187. The second-order valence-corrected chi connectivity index (χ2v) is 7.27. The number of aliphatic hydroxyl groups excluding tert-OH is 1. The zero-order valence-electron chi connectivity index (χ0n) is 13.8. The molecule has 0 aromatic heterocycles. The van der Waals surface area contributed by atoms with E-state index in [0.29, 0.717) is 12.8 Å². The van der Waals surface area contributed by atoms with E-state index in [0.717, 1.165) is 16.9 Å². The average molecular weight is 322 g/mol. The van der Waals surface area contributed by atoms with Crippen LogP contribution in [0.15, 0.2) is 42.5 Å². The molecule has 4 rings (SSSR count). The Morgan fingerprint density at radius 3 is 2.50 bits per heavy atom. The van der Waals surface area contributed by atoms with Gasteiger partial charge in [-0.05, 0) is 72.1 Å². The van der Waals surface area contributed by atoms with Crippen molar-refractivity contribution in [3.8, 4) is 0 Å². The molecule has 2 aliphatic rings. The van der Waals surface area contributed by atoms with E-state index < -0.39 is 0 Å². The molecule has 0 radical (unpaired) electrons. The van der Waals surface area contributed by atoms with Crippen LogP contribution in [0, 0.1) is 0 Å². The second kappa shape index (κ2) is 5.64. The number of fused-ring (bicyclic) bond motifs is 1. The van der Waals surface area contributed by atoms with Gasteiger partial charge in [0.2, 0.25) is 0 Å². The minimum absolute atomic E-state index is 0.244. The van der Waals surface area contributed by atoms with E-state index in [1.807, 2.05) is 30.3 Å². The predicted octanol–water partition coefficient (Wildman–Crippen LogP) is 3.84. The van der Waals surface area contributed by atoms with Crippen molar-refractivity contribution in [2.24, 2.45) is 0 Å². The molecule has 2 amide bonds. The van der Waals surface area contributed by atoms with Crippen LogP contribution < -0.4 is 10.6 Å². The molecule has 1 atom stereocenters. The van der Waals surface area contributed by atoms with Gasteiger partial charge >= 0.3 is 6.03 Å². The summed E-state index contributed by atoms with van der Waals surface area (Å²) in [7, 11) is 0. The lowest BCUT2D eigenvalue weighted by Gasteiger charge is -2.12. The number of hydrogen-bond acceptors (Lipinski definition) is 2. The molecule has 1 fully saturated rings. The third kappa shape index (κ3) is 3.02. The maximum Gasteiger partial charge on any atom is 0.323 e. The first-order valence-corrected chi connectivity index (χ1v) is 8.50. The van der Waals surface area contributed by atoms with Crippen molar-refractivity contribution in [1.82, 2.24) is 0 Å². The highest BCUT2D eigenvalue weighted by Gasteiger charge is 2.38. The van der Waals surface area contributed by atoms with Crippen LogP contribution in [0.25, 0.3) is 0 Å². The summed E-state index contributed by atoms with van der Waals surface area (Å²) < 4.78 is 0. The quantitative estimate of drug-likeness (QED) is 0.804. The fourth-order valence-electron chi connectivity index (χ4n) is 3.41. The van der Waals surface area contributed by atoms with Gasteiger partial charge in [-0.2, -0.15) is 0 Å². The molecule has 4 heteroatoms. The molecule has 0 spiro atoms. The lowest BCUT2D eigenvalue weighted by atomic mass is 9.98. The molecule has 124 valence electrons. The van der Waals surface area contributed by atoms with Gasteiger partial charge in [-0.15, -0.1) is 0 Å². The zero-order chi connectivity index (χ0) is 16.7. The van der Waals surface area contributed by atoms with Gasteiger partial charge in [0.05, 0.1) is 6.10 Å². The van der Waals surface area contributed by atoms with Crippen LogP contribution in [0.4, 0.5) is 16.2 Å². The van der Waals surface area contributed by atoms with E-state index in [9.17, 15) is 9.90 Å². The zero-order valence-corrected chi connectivity index (χ0v) is 13.8. The molecule has 2 aromatic rings. The van der Waals surface area contributed by atoms with Gasteiger partial charge in [-0.1, -0.05) is 25.1 Å². The Balaban J connectivity index is 1.43. The van der Waals surface area contributed by atoms with Crippen LogP contribution in [0.3, 0.4) is 0 Å². The van der Waals surface area contributed by atoms with Crippen molar-refractivity contribution < 1.29 is 9.90 Å². The van der Waals surface area contributed by atoms with E-state index in [1.54, 1.807) is 0 Å². The predicted molar refractivity (Wildman–Crippen MR) is 95.5 cm³/mol. The first-order valence-electron chi connectivity index (χ1n) is 8.50. The molecule has 0 heterocycles. The molecule has 1 saturated carbocycles. The van der Waals surface area contributed by atoms with Crippen LogP contribution >= 0.6 is 0 Å². The maximum absolute atomic E-state index is 12.3. The Morgan fingerprint density at radius 1 is 1.04 bits per heavy atom. The number of benzene rings is 2. The molecule has 0 saturated heterocycles. The monoisotopic (exact) mass is 322 g/mol. The molecule has 3 N–H and O–H groups in total. The Hall–Kier alpha value is -2.33. The van der Waals surface area contributed by atoms with Gasteiger partial charge in [0, 0.05) is 11.4 Å². The summed E-state index contributed by atoms with van der Waals surface area (Å²) in [5, 5.41) is 15.5. The van der Waals surface area contributed by atoms with Crippen LogP contribution in [0.5, 0.6) is 0 Å². The van der Waals surface area contributed by atoms with Crippen LogP contribution in [0.1, 0.15) is 36.5 Å². The molecular weight excluding hydrogens is 300 g/mol. The summed E-state index contributed by atoms with van der Waals surface area (Å²) in [6, 6.07) is 13.7. The van der Waals surface area contributed by atoms with Crippen molar-refractivity contribution >= 4 is 17.4 Å². The minimum Gasteiger partial charge on any atom is -0.392 e. The van der Waals surface area contributed by atoms with Crippen LogP contribution in [0.2, 0.25) is 0 Å². The van der Waals surface area contributed by atoms with Gasteiger partial charge in [-0.3, -0.25) is 0 Å². The van der Waals surface area contributed by atoms with Crippen molar-refractivity contribution in [3.63, 3.8) is 0 Å². The highest BCUT2D eigenvalue weighted by atomic mass is 16.3. The summed E-state index contributed by atoms with van der Waals surface area (Å²) in [6.45, 7) is 2.26. The van der Waals surface area contributed by atoms with Gasteiger partial charge < -0.3 is 15.7 Å². The Morgan fingerprint density at radius 2 is 1.75 bits per heavy atom. The number of aliphatic hydroxyl groups is 1. The van der Waals surface area contributed by atoms with E-state index in [4.69, 9.17) is 0 Å². The molecule has 2 aromatic carbocycles. The van der Waals surface area contributed by atoms with Gasteiger partial charge in [0.15, 0.2) is 0 Å². The Kier molecular flexibility index (Phi) is 3.57. The summed E-state index contributed by atoms with van der Waals surface area (Å²) in [5.74, 6) is 0. The topological polar surface area (TPSA) is 61.4 Å². The maximum atomic E-state index is 12.3. The van der Waals surface area contributed by atoms with Gasteiger partial charge in [0.25, 0.3) is 0 Å². The molecular formula is C20H22N2O2. The first kappa shape index (κ1) is 15.2. The van der Waals surface area contributed by atoms with Gasteiger partial charge in [0.1, 0.15) is 0 Å². The van der Waals surface area contributed by atoms with Gasteiger partial charge in [-0.25, -0.2) is 4.79 Å². The number of nitrogens with one attached hydrogen (secondary N) is 2. The van der Waals surface area contributed by atoms with E-state index in [-0.39, 0.29) is 17.6 Å². The standard InChI is InChI=1S/C20H22N2O2/c1-20(7-8-20)15-3-2-4-16(12-15)21-19(24)22-17-6-5-13-10-18(23)11-14(13)9-17/h2-6,9,12,18,23H,7-8,10-11H2,1H3,(H2,21,22,24). The Bertz CT molecular complexity index is 796. The number of carbonyl (C=O) groups excluding carboxylic acids is 1.